The molecule has 0 unspecified atom stereocenters. The maximum absolute atomic E-state index is 12.5. The van der Waals surface area contributed by atoms with Crippen molar-refractivity contribution >= 4 is 28.5 Å². The third-order valence-electron chi connectivity index (χ3n) is 4.16. The van der Waals surface area contributed by atoms with E-state index in [2.05, 4.69) is 30.2 Å². The van der Waals surface area contributed by atoms with Gasteiger partial charge in [0.1, 0.15) is 6.33 Å². The molecular weight excluding hydrogens is 364 g/mol. The van der Waals surface area contributed by atoms with Gasteiger partial charge in [-0.3, -0.25) is 4.79 Å². The van der Waals surface area contributed by atoms with Crippen molar-refractivity contribution in [3.63, 3.8) is 0 Å². The topological polar surface area (TPSA) is 96.4 Å². The minimum absolute atomic E-state index is 0.169. The lowest BCUT2D eigenvalue weighted by molar-refractivity contribution is 0.845. The highest BCUT2D eigenvalue weighted by Crippen LogP contribution is 2.22. The Kier molecular flexibility index (Phi) is 4.52. The van der Waals surface area contributed by atoms with Crippen LogP contribution in [-0.4, -0.2) is 24.9 Å². The second kappa shape index (κ2) is 7.13. The van der Waals surface area contributed by atoms with E-state index in [0.29, 0.717) is 22.2 Å². The molecule has 0 radical (unpaired) electrons. The maximum atomic E-state index is 12.5. The van der Waals surface area contributed by atoms with E-state index >= 15 is 0 Å². The monoisotopic (exact) mass is 378 g/mol. The lowest BCUT2D eigenvalue weighted by Gasteiger charge is -2.14. The summed E-state index contributed by atoms with van der Waals surface area (Å²) in [5.41, 5.74) is 2.62. The highest BCUT2D eigenvalue weighted by atomic mass is 35.5. The molecule has 0 bridgehead atoms. The first-order valence-corrected chi connectivity index (χ1v) is 8.65. The average molecular weight is 379 g/mol. The molecule has 4 aromatic rings. The van der Waals surface area contributed by atoms with Crippen molar-refractivity contribution < 1.29 is 0 Å². The Morgan fingerprint density at radius 3 is 2.78 bits per heavy atom. The fourth-order valence-corrected chi connectivity index (χ4v) is 2.99. The van der Waals surface area contributed by atoms with E-state index in [-0.39, 0.29) is 11.6 Å². The van der Waals surface area contributed by atoms with Crippen LogP contribution in [0.3, 0.4) is 0 Å². The molecule has 4 rings (SSSR count). The van der Waals surface area contributed by atoms with E-state index < -0.39 is 0 Å². The Morgan fingerprint density at radius 2 is 1.96 bits per heavy atom. The molecule has 0 saturated heterocycles. The summed E-state index contributed by atoms with van der Waals surface area (Å²) in [4.78, 5) is 32.0. The molecule has 0 amide bonds. The molecule has 8 heteroatoms. The SMILES string of the molecule is C[C@H](Nc1nccc(-c2cncnc2)n1)c1cc2cc(Cl)ccc2[nH]c1=O. The van der Waals surface area contributed by atoms with Gasteiger partial charge in [-0.15, -0.1) is 0 Å². The van der Waals surface area contributed by atoms with Crippen LogP contribution >= 0.6 is 11.6 Å². The zero-order chi connectivity index (χ0) is 18.8. The van der Waals surface area contributed by atoms with Gasteiger partial charge in [0, 0.05) is 45.6 Å². The second-order valence-corrected chi connectivity index (χ2v) is 6.48. The Balaban J connectivity index is 1.64. The van der Waals surface area contributed by atoms with Crippen LogP contribution in [0, 0.1) is 0 Å². The van der Waals surface area contributed by atoms with Gasteiger partial charge < -0.3 is 10.3 Å². The number of hydrogen-bond donors (Lipinski definition) is 2. The number of fused-ring (bicyclic) bond motifs is 1. The third-order valence-corrected chi connectivity index (χ3v) is 4.39. The summed E-state index contributed by atoms with van der Waals surface area (Å²) in [6.45, 7) is 1.88. The zero-order valence-electron chi connectivity index (χ0n) is 14.3. The fraction of sp³-hybridized carbons (Fsp3) is 0.105. The largest absolute Gasteiger partial charge is 0.347 e. The van der Waals surface area contributed by atoms with Gasteiger partial charge in [0.05, 0.1) is 11.7 Å². The van der Waals surface area contributed by atoms with Crippen molar-refractivity contribution in [1.29, 1.82) is 0 Å². The molecular formula is C19H15ClN6O. The lowest BCUT2D eigenvalue weighted by Crippen LogP contribution is -2.20. The molecule has 27 heavy (non-hydrogen) atoms. The van der Waals surface area contributed by atoms with Gasteiger partial charge in [0.25, 0.3) is 5.56 Å². The van der Waals surface area contributed by atoms with Gasteiger partial charge in [0.2, 0.25) is 5.95 Å². The predicted molar refractivity (Wildman–Crippen MR) is 105 cm³/mol. The summed E-state index contributed by atoms with van der Waals surface area (Å²) in [6, 6.07) is 8.64. The number of aromatic amines is 1. The zero-order valence-corrected chi connectivity index (χ0v) is 15.1. The van der Waals surface area contributed by atoms with Gasteiger partial charge in [-0.25, -0.2) is 19.9 Å². The van der Waals surface area contributed by atoms with Crippen LogP contribution in [0.1, 0.15) is 18.5 Å². The van der Waals surface area contributed by atoms with Gasteiger partial charge in [0.15, 0.2) is 0 Å². The van der Waals surface area contributed by atoms with Crippen LogP contribution in [0.4, 0.5) is 5.95 Å². The van der Waals surface area contributed by atoms with Crippen LogP contribution in [0.5, 0.6) is 0 Å². The van der Waals surface area contributed by atoms with Crippen LogP contribution in [0.15, 0.2) is 60.0 Å². The Bertz CT molecular complexity index is 1160. The van der Waals surface area contributed by atoms with E-state index in [1.54, 1.807) is 36.8 Å². The van der Waals surface area contributed by atoms with Crippen molar-refractivity contribution in [3.8, 4) is 11.3 Å². The number of anilines is 1. The third kappa shape index (κ3) is 3.63. The average Bonchev–Trinajstić information content (AvgIpc) is 2.68. The van der Waals surface area contributed by atoms with E-state index in [4.69, 9.17) is 11.6 Å². The van der Waals surface area contributed by atoms with Crippen LogP contribution in [0.25, 0.3) is 22.2 Å². The number of rotatable bonds is 4. The van der Waals surface area contributed by atoms with Crippen LogP contribution < -0.4 is 10.9 Å². The molecule has 0 aliphatic carbocycles. The van der Waals surface area contributed by atoms with Crippen molar-refractivity contribution in [1.82, 2.24) is 24.9 Å². The van der Waals surface area contributed by atoms with E-state index in [9.17, 15) is 4.79 Å². The highest BCUT2D eigenvalue weighted by Gasteiger charge is 2.13. The molecule has 134 valence electrons. The molecule has 3 heterocycles. The first-order valence-electron chi connectivity index (χ1n) is 8.27. The highest BCUT2D eigenvalue weighted by molar-refractivity contribution is 6.31. The summed E-state index contributed by atoms with van der Waals surface area (Å²) in [6.07, 6.45) is 6.47. The van der Waals surface area contributed by atoms with Crippen molar-refractivity contribution in [2.45, 2.75) is 13.0 Å². The summed E-state index contributed by atoms with van der Waals surface area (Å²) in [5, 5.41) is 4.65. The summed E-state index contributed by atoms with van der Waals surface area (Å²) < 4.78 is 0. The molecule has 2 N–H and O–H groups in total. The quantitative estimate of drug-likeness (QED) is 0.563. The van der Waals surface area contributed by atoms with Gasteiger partial charge in [-0.05, 0) is 37.3 Å². The first-order chi connectivity index (χ1) is 13.1. The van der Waals surface area contributed by atoms with Crippen LogP contribution in [0.2, 0.25) is 5.02 Å². The summed E-state index contributed by atoms with van der Waals surface area (Å²) >= 11 is 6.06. The Morgan fingerprint density at radius 1 is 1.15 bits per heavy atom. The molecule has 1 atom stereocenters. The number of nitrogens with zero attached hydrogens (tertiary/aromatic N) is 4. The van der Waals surface area contributed by atoms with Gasteiger partial charge in [-0.1, -0.05) is 11.6 Å². The molecule has 0 saturated carbocycles. The number of H-pyrrole nitrogens is 1. The van der Waals surface area contributed by atoms with E-state index in [0.717, 1.165) is 16.5 Å². The summed E-state index contributed by atoms with van der Waals surface area (Å²) in [5.74, 6) is 0.412. The van der Waals surface area contributed by atoms with E-state index in [1.165, 1.54) is 6.33 Å². The number of pyridine rings is 1. The molecule has 3 aromatic heterocycles. The lowest BCUT2D eigenvalue weighted by atomic mass is 10.1. The first kappa shape index (κ1) is 17.1. The minimum atomic E-state index is -0.306. The van der Waals surface area contributed by atoms with Gasteiger partial charge >= 0.3 is 0 Å². The second-order valence-electron chi connectivity index (χ2n) is 6.04. The Hall–Kier alpha value is -3.32. The summed E-state index contributed by atoms with van der Waals surface area (Å²) in [7, 11) is 0. The normalized spacial score (nSPS) is 12.1. The van der Waals surface area contributed by atoms with Crippen molar-refractivity contribution in [2.75, 3.05) is 5.32 Å². The predicted octanol–water partition coefficient (Wildman–Crippen LogP) is 3.60. The van der Waals surface area contributed by atoms with Crippen LogP contribution in [-0.2, 0) is 0 Å². The number of aromatic nitrogens is 5. The Labute approximate surface area is 159 Å². The maximum Gasteiger partial charge on any atom is 0.253 e. The number of halogens is 1. The number of hydrogen-bond acceptors (Lipinski definition) is 6. The molecule has 0 aliphatic rings. The van der Waals surface area contributed by atoms with E-state index in [1.807, 2.05) is 19.1 Å². The standard InChI is InChI=1S/C19H15ClN6O/c1-11(15-7-12-6-14(20)2-3-16(12)25-18(15)27)24-19-23-5-4-17(26-19)13-8-21-10-22-9-13/h2-11H,1H3,(H,25,27)(H,23,24,26)/t11-/m0/s1. The molecule has 0 fully saturated rings. The smallest absolute Gasteiger partial charge is 0.253 e. The fourth-order valence-electron chi connectivity index (χ4n) is 2.81. The number of nitrogens with one attached hydrogen (secondary N) is 2. The minimum Gasteiger partial charge on any atom is -0.347 e. The van der Waals surface area contributed by atoms with Gasteiger partial charge in [-0.2, -0.15) is 0 Å². The van der Waals surface area contributed by atoms with Crippen molar-refractivity contribution in [3.05, 3.63) is 76.2 Å². The number of benzene rings is 1. The molecule has 0 spiro atoms. The van der Waals surface area contributed by atoms with Crippen molar-refractivity contribution in [2.24, 2.45) is 0 Å². The molecule has 0 aliphatic heterocycles. The molecule has 1 aromatic carbocycles. The molecule has 7 nitrogen and oxygen atoms in total.